The third-order valence-electron chi connectivity index (χ3n) is 2.58. The molecule has 2 amide bonds. The third kappa shape index (κ3) is 1.78. The van der Waals surface area contributed by atoms with Crippen LogP contribution in [0, 0.1) is 0 Å². The molecule has 3 N–H and O–H groups in total. The lowest BCUT2D eigenvalue weighted by Gasteiger charge is -2.30. The number of carbonyl (C=O) groups excluding carboxylic acids is 2. The average molecular weight is 267 g/mol. The number of piperidine rings is 1. The summed E-state index contributed by atoms with van der Waals surface area (Å²) in [6.07, 6.45) is -6.54. The maximum absolute atomic E-state index is 13.0. The number of nitrogens with zero attached hydrogens (tertiary/aromatic N) is 1. The molecule has 1 saturated heterocycles. The Morgan fingerprint density at radius 1 is 1.58 bits per heavy atom. The predicted octanol–water partition coefficient (Wildman–Crippen LogP) is 1.02. The number of nitrogens with two attached hydrogens (primary N) is 1. The van der Waals surface area contributed by atoms with Crippen LogP contribution in [0.1, 0.15) is 42.4 Å². The maximum Gasteiger partial charge on any atom is 0.255 e. The fourth-order valence-corrected chi connectivity index (χ4v) is 1.71. The molecule has 19 heavy (non-hydrogen) atoms. The summed E-state index contributed by atoms with van der Waals surface area (Å²) >= 11 is 0. The SMILES string of the molecule is [2H]c1c([2H])c(N)c2c(c1[2H])C(=O)N(C1([2H])C(=O)NC(=C)C([2H])([2H])C1([2H])[2H])C2([2H])[2H]. The molecule has 1 atom stereocenters. The second kappa shape index (κ2) is 4.12. The number of carbonyl (C=O) groups is 2. The van der Waals surface area contributed by atoms with Crippen molar-refractivity contribution in [3.05, 3.63) is 41.5 Å². The molecule has 0 aliphatic carbocycles. The van der Waals surface area contributed by atoms with Gasteiger partial charge >= 0.3 is 0 Å². The van der Waals surface area contributed by atoms with Gasteiger partial charge < -0.3 is 16.0 Å². The first-order chi connectivity index (χ1) is 13.0. The van der Waals surface area contributed by atoms with Crippen LogP contribution in [-0.2, 0) is 11.3 Å². The first kappa shape index (κ1) is 5.00. The van der Waals surface area contributed by atoms with Crippen molar-refractivity contribution in [2.24, 2.45) is 0 Å². The number of nitrogen functional groups attached to an aromatic ring is 1. The molecule has 1 aromatic carbocycles. The minimum absolute atomic E-state index is 0.127. The molecule has 2 aliphatic heterocycles. The van der Waals surface area contributed by atoms with Crippen LogP contribution < -0.4 is 11.1 Å². The molecule has 5 heteroatoms. The Morgan fingerprint density at radius 2 is 2.37 bits per heavy atom. The topological polar surface area (TPSA) is 75.4 Å². The quantitative estimate of drug-likeness (QED) is 0.746. The summed E-state index contributed by atoms with van der Waals surface area (Å²) in [5.41, 5.74) is 2.80. The van der Waals surface area contributed by atoms with E-state index in [4.69, 9.17) is 19.4 Å². The molecule has 5 nitrogen and oxygen atoms in total. The van der Waals surface area contributed by atoms with Gasteiger partial charge in [-0.25, -0.2) is 0 Å². The Labute approximate surface area is 125 Å². The van der Waals surface area contributed by atoms with Crippen molar-refractivity contribution in [1.82, 2.24) is 10.2 Å². The molecule has 3 rings (SSSR count). The Balaban J connectivity index is 2.37. The Hall–Kier alpha value is -2.30. The maximum atomic E-state index is 13.0. The molecule has 2 heterocycles. The number of amides is 2. The standard InChI is InChI=1S/C14H15N3O2/c1-8-5-6-12(13(18)16-8)17-7-10-9(14(17)19)3-2-4-11(10)15/h2-4,12H,1,5-7,15H2,(H,16,18)/i2D,3D,4D,5D2,6D2,7D2,12D. The highest BCUT2D eigenvalue weighted by molar-refractivity contribution is 6.02. The molecule has 0 bridgehead atoms. The zero-order chi connectivity index (χ0) is 22.5. The van der Waals surface area contributed by atoms with Crippen molar-refractivity contribution in [3.63, 3.8) is 0 Å². The first-order valence-corrected chi connectivity index (χ1v) is 5.22. The molecule has 0 spiro atoms. The van der Waals surface area contributed by atoms with Crippen LogP contribution in [0.25, 0.3) is 0 Å². The van der Waals surface area contributed by atoms with Crippen LogP contribution >= 0.6 is 0 Å². The monoisotopic (exact) mass is 267 g/mol. The van der Waals surface area contributed by atoms with Crippen molar-refractivity contribution >= 4 is 17.5 Å². The van der Waals surface area contributed by atoms with E-state index in [1.165, 1.54) is 0 Å². The van der Waals surface area contributed by atoms with Crippen molar-refractivity contribution in [1.29, 1.82) is 0 Å². The molecule has 0 saturated carbocycles. The highest BCUT2D eigenvalue weighted by Crippen LogP contribution is 2.31. The lowest BCUT2D eigenvalue weighted by molar-refractivity contribution is -0.126. The van der Waals surface area contributed by atoms with Gasteiger partial charge in [0.05, 0.1) is 8.22 Å². The van der Waals surface area contributed by atoms with E-state index in [0.717, 1.165) is 0 Å². The van der Waals surface area contributed by atoms with E-state index in [-0.39, 0.29) is 4.90 Å². The normalized spacial score (nSPS) is 41.9. The van der Waals surface area contributed by atoms with E-state index in [9.17, 15) is 9.59 Å². The fraction of sp³-hybridized carbons (Fsp3) is 0.286. The fourth-order valence-electron chi connectivity index (χ4n) is 1.71. The molecule has 2 aliphatic rings. The van der Waals surface area contributed by atoms with Gasteiger partial charge in [-0.2, -0.15) is 0 Å². The van der Waals surface area contributed by atoms with Gasteiger partial charge in [0, 0.05) is 34.5 Å². The summed E-state index contributed by atoms with van der Waals surface area (Å²) in [5.74, 6) is -3.04. The van der Waals surface area contributed by atoms with E-state index in [0.29, 0.717) is 0 Å². The number of anilines is 1. The molecule has 1 fully saturated rings. The van der Waals surface area contributed by atoms with Gasteiger partial charge in [0.25, 0.3) is 5.91 Å². The second-order valence-electron chi connectivity index (χ2n) is 3.82. The second-order valence-corrected chi connectivity index (χ2v) is 3.82. The minimum Gasteiger partial charge on any atom is -0.398 e. The molecule has 98 valence electrons. The van der Waals surface area contributed by atoms with Crippen molar-refractivity contribution in [3.8, 4) is 0 Å². The number of allylic oxidation sites excluding steroid dienone is 1. The Kier molecular flexibility index (Phi) is 1.08. The summed E-state index contributed by atoms with van der Waals surface area (Å²) < 4.78 is 80.7. The van der Waals surface area contributed by atoms with E-state index < -0.39 is 77.7 Å². The zero-order valence-electron chi connectivity index (χ0n) is 19.5. The van der Waals surface area contributed by atoms with Gasteiger partial charge in [0.1, 0.15) is 6.02 Å². The summed E-state index contributed by atoms with van der Waals surface area (Å²) in [4.78, 5) is 25.5. The lowest BCUT2D eigenvalue weighted by Crippen LogP contribution is -2.49. The molecule has 1 aromatic rings. The van der Waals surface area contributed by atoms with Gasteiger partial charge in [-0.3, -0.25) is 9.59 Å². The summed E-state index contributed by atoms with van der Waals surface area (Å²) in [6.45, 7) is 0.0686. The van der Waals surface area contributed by atoms with Gasteiger partial charge in [0.2, 0.25) is 5.91 Å². The van der Waals surface area contributed by atoms with Crippen LogP contribution in [-0.4, -0.2) is 22.7 Å². The number of fused-ring (bicyclic) bond motifs is 1. The largest absolute Gasteiger partial charge is 0.398 e. The van der Waals surface area contributed by atoms with Gasteiger partial charge in [-0.15, -0.1) is 0 Å². The van der Waals surface area contributed by atoms with Gasteiger partial charge in [-0.05, 0) is 24.8 Å². The Morgan fingerprint density at radius 3 is 3.16 bits per heavy atom. The zero-order valence-corrected chi connectivity index (χ0v) is 9.55. The molecule has 0 radical (unpaired) electrons. The summed E-state index contributed by atoms with van der Waals surface area (Å²) in [5, 5.41) is 1.88. The highest BCUT2D eigenvalue weighted by Gasteiger charge is 2.38. The number of benzene rings is 1. The molecule has 0 aromatic heterocycles. The smallest absolute Gasteiger partial charge is 0.255 e. The first-order valence-electron chi connectivity index (χ1n) is 10.2. The van der Waals surface area contributed by atoms with Crippen LogP contribution in [0.2, 0.25) is 0 Å². The van der Waals surface area contributed by atoms with Crippen LogP contribution in [0.3, 0.4) is 0 Å². The van der Waals surface area contributed by atoms with E-state index >= 15 is 0 Å². The van der Waals surface area contributed by atoms with Gasteiger partial charge in [-0.1, -0.05) is 12.6 Å². The van der Waals surface area contributed by atoms with E-state index in [1.807, 2.05) is 5.32 Å². The van der Waals surface area contributed by atoms with Crippen LogP contribution in [0.5, 0.6) is 0 Å². The van der Waals surface area contributed by atoms with Gasteiger partial charge in [0.15, 0.2) is 0 Å². The van der Waals surface area contributed by atoms with Crippen LogP contribution in [0.4, 0.5) is 5.69 Å². The number of rotatable bonds is 1. The minimum atomic E-state index is -3.48. The predicted molar refractivity (Wildman–Crippen MR) is 71.0 cm³/mol. The summed E-state index contributed by atoms with van der Waals surface area (Å²) in [7, 11) is 0. The van der Waals surface area contributed by atoms with E-state index in [2.05, 4.69) is 6.58 Å². The van der Waals surface area contributed by atoms with Crippen molar-refractivity contribution < 1.29 is 23.3 Å². The van der Waals surface area contributed by atoms with Crippen molar-refractivity contribution in [2.75, 3.05) is 5.73 Å². The van der Waals surface area contributed by atoms with Crippen molar-refractivity contribution in [2.45, 2.75) is 25.3 Å². The highest BCUT2D eigenvalue weighted by atomic mass is 16.2. The molecular formula is C14H15N3O2. The number of nitrogens with one attached hydrogen (secondary N) is 1. The number of hydrogen-bond acceptors (Lipinski definition) is 3. The molecule has 1 unspecified atom stereocenters. The Bertz CT molecular complexity index is 1010. The third-order valence-corrected chi connectivity index (χ3v) is 2.58. The lowest BCUT2D eigenvalue weighted by atomic mass is 10.0. The summed E-state index contributed by atoms with van der Waals surface area (Å²) in [6, 6.07) is -5.87. The van der Waals surface area contributed by atoms with E-state index in [1.54, 1.807) is 0 Å². The number of hydrogen-bond donors (Lipinski definition) is 2. The average Bonchev–Trinajstić information content (AvgIpc) is 2.81. The molecular weight excluding hydrogens is 242 g/mol. The van der Waals surface area contributed by atoms with Crippen LogP contribution in [0.15, 0.2) is 30.4 Å².